The maximum Gasteiger partial charge on any atom is 0.260 e. The molecule has 0 N–H and O–H groups in total. The third-order valence-corrected chi connectivity index (χ3v) is 4.22. The van der Waals surface area contributed by atoms with Gasteiger partial charge >= 0.3 is 0 Å². The number of halogens is 2. The van der Waals surface area contributed by atoms with Crippen LogP contribution in [0.15, 0.2) is 48.5 Å². The van der Waals surface area contributed by atoms with Crippen LogP contribution in [0.3, 0.4) is 0 Å². The van der Waals surface area contributed by atoms with E-state index in [2.05, 4.69) is 0 Å². The van der Waals surface area contributed by atoms with Gasteiger partial charge < -0.3 is 14.5 Å². The van der Waals surface area contributed by atoms with Crippen LogP contribution in [0.25, 0.3) is 0 Å². The first-order chi connectivity index (χ1) is 11.6. The number of hydrogen-bond acceptors (Lipinski definition) is 3. The molecule has 1 aliphatic rings. The minimum atomic E-state index is -0.235. The summed E-state index contributed by atoms with van der Waals surface area (Å²) in [4.78, 5) is 15.9. The zero-order valence-corrected chi connectivity index (χ0v) is 13.9. The number of rotatable bonds is 4. The second-order valence-electron chi connectivity index (χ2n) is 5.57. The minimum absolute atomic E-state index is 0.0277. The molecule has 0 bridgehead atoms. The van der Waals surface area contributed by atoms with Crippen LogP contribution in [-0.4, -0.2) is 43.6 Å². The lowest BCUT2D eigenvalue weighted by Crippen LogP contribution is -2.50. The Bertz CT molecular complexity index is 718. The van der Waals surface area contributed by atoms with Gasteiger partial charge in [0, 0.05) is 31.2 Å². The molecule has 0 radical (unpaired) electrons. The molecule has 24 heavy (non-hydrogen) atoms. The van der Waals surface area contributed by atoms with Gasteiger partial charge in [0.25, 0.3) is 5.91 Å². The van der Waals surface area contributed by atoms with Crippen molar-refractivity contribution in [2.75, 3.05) is 37.7 Å². The highest BCUT2D eigenvalue weighted by molar-refractivity contribution is 6.30. The van der Waals surface area contributed by atoms with Crippen LogP contribution >= 0.6 is 11.6 Å². The van der Waals surface area contributed by atoms with Crippen molar-refractivity contribution < 1.29 is 13.9 Å². The largest absolute Gasteiger partial charge is 0.484 e. The smallest absolute Gasteiger partial charge is 0.260 e. The zero-order chi connectivity index (χ0) is 16.9. The molecule has 1 saturated heterocycles. The number of benzene rings is 2. The van der Waals surface area contributed by atoms with E-state index in [0.717, 1.165) is 0 Å². The third-order valence-electron chi connectivity index (χ3n) is 3.98. The Kier molecular flexibility index (Phi) is 5.20. The molecule has 1 amide bonds. The molecule has 6 heteroatoms. The van der Waals surface area contributed by atoms with E-state index in [-0.39, 0.29) is 18.3 Å². The van der Waals surface area contributed by atoms with Gasteiger partial charge in [0.05, 0.1) is 5.69 Å². The third kappa shape index (κ3) is 3.97. The predicted octanol–water partition coefficient (Wildman–Crippen LogP) is 3.21. The number of para-hydroxylation sites is 1. The average molecular weight is 349 g/mol. The lowest BCUT2D eigenvalue weighted by molar-refractivity contribution is -0.133. The van der Waals surface area contributed by atoms with Crippen molar-refractivity contribution in [3.05, 3.63) is 59.4 Å². The fraction of sp³-hybridized carbons (Fsp3) is 0.278. The second kappa shape index (κ2) is 7.53. The Morgan fingerprint density at radius 2 is 1.83 bits per heavy atom. The molecule has 0 saturated carbocycles. The molecule has 4 nitrogen and oxygen atoms in total. The fourth-order valence-electron chi connectivity index (χ4n) is 2.70. The normalized spacial score (nSPS) is 14.6. The number of anilines is 1. The molecule has 2 aromatic rings. The van der Waals surface area contributed by atoms with E-state index in [1.54, 1.807) is 41.3 Å². The highest BCUT2D eigenvalue weighted by Gasteiger charge is 2.22. The fourth-order valence-corrected chi connectivity index (χ4v) is 2.88. The summed E-state index contributed by atoms with van der Waals surface area (Å²) in [5, 5.41) is 0.568. The second-order valence-corrected chi connectivity index (χ2v) is 6.00. The van der Waals surface area contributed by atoms with Crippen molar-refractivity contribution in [2.24, 2.45) is 0 Å². The van der Waals surface area contributed by atoms with Gasteiger partial charge in [-0.25, -0.2) is 4.39 Å². The average Bonchev–Trinajstić information content (AvgIpc) is 2.60. The van der Waals surface area contributed by atoms with Gasteiger partial charge in [-0.15, -0.1) is 0 Å². The predicted molar refractivity (Wildman–Crippen MR) is 92.1 cm³/mol. The van der Waals surface area contributed by atoms with Crippen LogP contribution < -0.4 is 9.64 Å². The van der Waals surface area contributed by atoms with E-state index in [1.165, 1.54) is 6.07 Å². The van der Waals surface area contributed by atoms with E-state index < -0.39 is 0 Å². The molecule has 3 rings (SSSR count). The van der Waals surface area contributed by atoms with E-state index in [0.29, 0.717) is 42.6 Å². The molecular weight excluding hydrogens is 331 g/mol. The Hall–Kier alpha value is -2.27. The number of carbonyl (C=O) groups excluding carboxylic acids is 1. The van der Waals surface area contributed by atoms with Crippen molar-refractivity contribution in [3.8, 4) is 5.75 Å². The number of nitrogens with zero attached hydrogens (tertiary/aromatic N) is 2. The zero-order valence-electron chi connectivity index (χ0n) is 13.1. The quantitative estimate of drug-likeness (QED) is 0.850. The van der Waals surface area contributed by atoms with Crippen molar-refractivity contribution in [1.82, 2.24) is 4.90 Å². The molecule has 0 aliphatic carbocycles. The molecule has 0 atom stereocenters. The Morgan fingerprint density at radius 1 is 1.08 bits per heavy atom. The Balaban J connectivity index is 1.51. The molecule has 0 unspecified atom stereocenters. The molecular formula is C18H18ClFN2O2. The van der Waals surface area contributed by atoms with Gasteiger partial charge in [-0.05, 0) is 30.3 Å². The summed E-state index contributed by atoms with van der Waals surface area (Å²) in [6.45, 7) is 2.27. The maximum absolute atomic E-state index is 13.8. The van der Waals surface area contributed by atoms with E-state index in [4.69, 9.17) is 16.3 Å². The maximum atomic E-state index is 13.8. The highest BCUT2D eigenvalue weighted by atomic mass is 35.5. The number of amides is 1. The summed E-state index contributed by atoms with van der Waals surface area (Å²) < 4.78 is 19.3. The molecule has 0 spiro atoms. The van der Waals surface area contributed by atoms with E-state index in [9.17, 15) is 9.18 Å². The van der Waals surface area contributed by atoms with Crippen LogP contribution in [-0.2, 0) is 4.79 Å². The topological polar surface area (TPSA) is 32.8 Å². The summed E-state index contributed by atoms with van der Waals surface area (Å²) in [5.41, 5.74) is 0.583. The lowest BCUT2D eigenvalue weighted by atomic mass is 10.2. The summed E-state index contributed by atoms with van der Waals surface area (Å²) >= 11 is 5.88. The number of hydrogen-bond donors (Lipinski definition) is 0. The first-order valence-corrected chi connectivity index (χ1v) is 8.17. The first kappa shape index (κ1) is 16.6. The monoisotopic (exact) mass is 348 g/mol. The number of piperazine rings is 1. The van der Waals surface area contributed by atoms with Crippen LogP contribution in [0, 0.1) is 5.82 Å². The molecule has 1 fully saturated rings. The van der Waals surface area contributed by atoms with Crippen LogP contribution in [0.5, 0.6) is 5.75 Å². The molecule has 2 aromatic carbocycles. The highest BCUT2D eigenvalue weighted by Crippen LogP contribution is 2.20. The molecule has 0 aromatic heterocycles. The van der Waals surface area contributed by atoms with Gasteiger partial charge in [-0.1, -0.05) is 29.8 Å². The Morgan fingerprint density at radius 3 is 2.54 bits per heavy atom. The van der Waals surface area contributed by atoms with Crippen molar-refractivity contribution in [1.29, 1.82) is 0 Å². The van der Waals surface area contributed by atoms with Gasteiger partial charge in [-0.2, -0.15) is 0 Å². The summed E-state index contributed by atoms with van der Waals surface area (Å²) in [6, 6.07) is 13.6. The van der Waals surface area contributed by atoms with Gasteiger partial charge in [0.1, 0.15) is 11.6 Å². The van der Waals surface area contributed by atoms with Gasteiger partial charge in [0.15, 0.2) is 6.61 Å². The molecule has 126 valence electrons. The summed E-state index contributed by atoms with van der Waals surface area (Å²) in [5.74, 6) is 0.255. The van der Waals surface area contributed by atoms with Crippen LogP contribution in [0.4, 0.5) is 10.1 Å². The van der Waals surface area contributed by atoms with Crippen LogP contribution in [0.1, 0.15) is 0 Å². The van der Waals surface area contributed by atoms with E-state index >= 15 is 0 Å². The summed E-state index contributed by atoms with van der Waals surface area (Å²) in [6.07, 6.45) is 0. The minimum Gasteiger partial charge on any atom is -0.484 e. The molecule has 1 heterocycles. The SMILES string of the molecule is O=C(COc1cccc(Cl)c1)N1CCN(c2ccccc2F)CC1. The van der Waals surface area contributed by atoms with E-state index in [1.807, 2.05) is 11.0 Å². The lowest BCUT2D eigenvalue weighted by Gasteiger charge is -2.36. The molecule has 1 aliphatic heterocycles. The standard InChI is InChI=1S/C18H18ClFN2O2/c19-14-4-3-5-15(12-14)24-13-18(23)22-10-8-21(9-11-22)17-7-2-1-6-16(17)20/h1-7,12H,8-11,13H2. The number of carbonyl (C=O) groups is 1. The van der Waals surface area contributed by atoms with Crippen molar-refractivity contribution in [3.63, 3.8) is 0 Å². The van der Waals surface area contributed by atoms with Crippen molar-refractivity contribution >= 4 is 23.2 Å². The Labute approximate surface area is 145 Å². The van der Waals surface area contributed by atoms with Crippen molar-refractivity contribution in [2.45, 2.75) is 0 Å². The first-order valence-electron chi connectivity index (χ1n) is 7.79. The number of ether oxygens (including phenoxy) is 1. The van der Waals surface area contributed by atoms with Crippen LogP contribution in [0.2, 0.25) is 5.02 Å². The van der Waals surface area contributed by atoms with Gasteiger partial charge in [0.2, 0.25) is 0 Å². The summed E-state index contributed by atoms with van der Waals surface area (Å²) in [7, 11) is 0. The van der Waals surface area contributed by atoms with Gasteiger partial charge in [-0.3, -0.25) is 4.79 Å².